The fourth-order valence-corrected chi connectivity index (χ4v) is 1.92. The van der Waals surface area contributed by atoms with Crippen LogP contribution >= 0.6 is 0 Å². The van der Waals surface area contributed by atoms with E-state index in [2.05, 4.69) is 15.3 Å². The van der Waals surface area contributed by atoms with Crippen LogP contribution in [0.4, 0.5) is 5.82 Å². The Kier molecular flexibility index (Phi) is 4.34. The van der Waals surface area contributed by atoms with Gasteiger partial charge >= 0.3 is 0 Å². The van der Waals surface area contributed by atoms with Gasteiger partial charge in [0.15, 0.2) is 0 Å². The smallest absolute Gasteiger partial charge is 0.253 e. The van der Waals surface area contributed by atoms with E-state index < -0.39 is 0 Å². The maximum Gasteiger partial charge on any atom is 0.253 e. The monoisotopic (exact) mass is 273 g/mol. The molecule has 0 aliphatic carbocycles. The van der Waals surface area contributed by atoms with Gasteiger partial charge in [0.2, 0.25) is 0 Å². The zero-order valence-electron chi connectivity index (χ0n) is 12.0. The van der Waals surface area contributed by atoms with Crippen LogP contribution in [0.25, 0.3) is 0 Å². The van der Waals surface area contributed by atoms with Crippen molar-refractivity contribution in [3.63, 3.8) is 0 Å². The molecule has 0 unspecified atom stereocenters. The van der Waals surface area contributed by atoms with Gasteiger partial charge in [-0.15, -0.1) is 0 Å². The first-order chi connectivity index (χ1) is 9.61. The molecule has 2 aromatic heterocycles. The second kappa shape index (κ2) is 6.18. The number of aromatic nitrogens is 3. The van der Waals surface area contributed by atoms with E-state index in [4.69, 9.17) is 0 Å². The summed E-state index contributed by atoms with van der Waals surface area (Å²) in [6.07, 6.45) is 5.31. The number of pyridine rings is 1. The maximum absolute atomic E-state index is 12.3. The van der Waals surface area contributed by atoms with Crippen molar-refractivity contribution in [3.8, 4) is 0 Å². The first kappa shape index (κ1) is 14.0. The van der Waals surface area contributed by atoms with Gasteiger partial charge in [-0.2, -0.15) is 0 Å². The molecular formula is C14H19N5O. The quantitative estimate of drug-likeness (QED) is 0.894. The van der Waals surface area contributed by atoms with E-state index in [1.165, 1.54) is 0 Å². The number of carbonyl (C=O) groups is 1. The van der Waals surface area contributed by atoms with Crippen LogP contribution in [-0.4, -0.2) is 46.0 Å². The normalized spacial score (nSPS) is 10.3. The molecule has 20 heavy (non-hydrogen) atoms. The molecule has 2 heterocycles. The number of carbonyl (C=O) groups excluding carboxylic acids is 1. The van der Waals surface area contributed by atoms with E-state index in [-0.39, 0.29) is 5.91 Å². The average molecular weight is 273 g/mol. The summed E-state index contributed by atoms with van der Waals surface area (Å²) in [6, 6.07) is 3.48. The zero-order valence-corrected chi connectivity index (χ0v) is 12.0. The minimum atomic E-state index is -0.0123. The molecule has 0 saturated heterocycles. The standard InChI is InChI=1S/C14H19N5O/c1-11-16-6-7-19(11)9-8-18(3)14(20)12-4-5-17-13(10-12)15-2/h4-7,10H,8-9H2,1-3H3,(H,15,17). The number of imidazole rings is 1. The Bertz CT molecular complexity index is 593. The summed E-state index contributed by atoms with van der Waals surface area (Å²) < 4.78 is 2.02. The van der Waals surface area contributed by atoms with Crippen LogP contribution in [0.5, 0.6) is 0 Å². The molecular weight excluding hydrogens is 254 g/mol. The Morgan fingerprint density at radius 2 is 2.20 bits per heavy atom. The van der Waals surface area contributed by atoms with E-state index in [9.17, 15) is 4.79 Å². The number of hydrogen-bond acceptors (Lipinski definition) is 4. The third-order valence-electron chi connectivity index (χ3n) is 3.21. The summed E-state index contributed by atoms with van der Waals surface area (Å²) in [6.45, 7) is 3.31. The van der Waals surface area contributed by atoms with Crippen molar-refractivity contribution >= 4 is 11.7 Å². The van der Waals surface area contributed by atoms with Crippen LogP contribution in [0.1, 0.15) is 16.2 Å². The molecule has 0 atom stereocenters. The Morgan fingerprint density at radius 1 is 1.40 bits per heavy atom. The highest BCUT2D eigenvalue weighted by atomic mass is 16.2. The lowest BCUT2D eigenvalue weighted by Crippen LogP contribution is -2.30. The number of rotatable bonds is 5. The third kappa shape index (κ3) is 3.14. The second-order valence-corrected chi connectivity index (χ2v) is 4.57. The van der Waals surface area contributed by atoms with E-state index in [1.54, 1.807) is 43.5 Å². The van der Waals surface area contributed by atoms with Gasteiger partial charge in [-0.3, -0.25) is 4.79 Å². The molecule has 0 aliphatic heterocycles. The lowest BCUT2D eigenvalue weighted by molar-refractivity contribution is 0.0790. The first-order valence-corrected chi connectivity index (χ1v) is 6.49. The highest BCUT2D eigenvalue weighted by molar-refractivity contribution is 5.94. The van der Waals surface area contributed by atoms with Crippen LogP contribution in [0.3, 0.4) is 0 Å². The molecule has 2 aromatic rings. The van der Waals surface area contributed by atoms with Crippen molar-refractivity contribution < 1.29 is 4.79 Å². The Morgan fingerprint density at radius 3 is 2.85 bits per heavy atom. The fourth-order valence-electron chi connectivity index (χ4n) is 1.92. The lowest BCUT2D eigenvalue weighted by Gasteiger charge is -2.18. The molecule has 0 saturated carbocycles. The van der Waals surface area contributed by atoms with Gasteiger partial charge in [0.1, 0.15) is 11.6 Å². The van der Waals surface area contributed by atoms with Crippen molar-refractivity contribution in [2.45, 2.75) is 13.5 Å². The van der Waals surface area contributed by atoms with E-state index in [0.717, 1.165) is 12.4 Å². The largest absolute Gasteiger partial charge is 0.373 e. The number of nitrogens with one attached hydrogen (secondary N) is 1. The zero-order chi connectivity index (χ0) is 14.5. The lowest BCUT2D eigenvalue weighted by atomic mass is 10.2. The maximum atomic E-state index is 12.3. The minimum Gasteiger partial charge on any atom is -0.373 e. The average Bonchev–Trinajstić information content (AvgIpc) is 2.89. The third-order valence-corrected chi connectivity index (χ3v) is 3.21. The van der Waals surface area contributed by atoms with Crippen molar-refractivity contribution in [1.29, 1.82) is 0 Å². The van der Waals surface area contributed by atoms with E-state index in [0.29, 0.717) is 17.9 Å². The summed E-state index contributed by atoms with van der Waals surface area (Å²) in [5.74, 6) is 1.63. The fraction of sp³-hybridized carbons (Fsp3) is 0.357. The van der Waals surface area contributed by atoms with Gasteiger partial charge in [0.25, 0.3) is 5.91 Å². The summed E-state index contributed by atoms with van der Waals surface area (Å²) in [5.41, 5.74) is 0.634. The highest BCUT2D eigenvalue weighted by Gasteiger charge is 2.12. The number of likely N-dealkylation sites (N-methyl/N-ethyl adjacent to an activating group) is 1. The van der Waals surface area contributed by atoms with Crippen LogP contribution in [-0.2, 0) is 6.54 Å². The number of aryl methyl sites for hydroxylation is 1. The summed E-state index contributed by atoms with van der Waals surface area (Å²) in [4.78, 5) is 22.3. The minimum absolute atomic E-state index is 0.0123. The first-order valence-electron chi connectivity index (χ1n) is 6.49. The molecule has 0 fully saturated rings. The van der Waals surface area contributed by atoms with Crippen molar-refractivity contribution in [3.05, 3.63) is 42.1 Å². The van der Waals surface area contributed by atoms with Crippen molar-refractivity contribution in [1.82, 2.24) is 19.4 Å². The van der Waals surface area contributed by atoms with Crippen LogP contribution < -0.4 is 5.32 Å². The number of amides is 1. The van der Waals surface area contributed by atoms with Crippen LogP contribution in [0, 0.1) is 6.92 Å². The molecule has 1 N–H and O–H groups in total. The summed E-state index contributed by atoms with van der Waals surface area (Å²) in [7, 11) is 3.58. The Labute approximate surface area is 118 Å². The summed E-state index contributed by atoms with van der Waals surface area (Å²) in [5, 5.41) is 2.93. The summed E-state index contributed by atoms with van der Waals surface area (Å²) >= 11 is 0. The molecule has 106 valence electrons. The van der Waals surface area contributed by atoms with Crippen LogP contribution in [0.15, 0.2) is 30.7 Å². The molecule has 0 radical (unpaired) electrons. The Hall–Kier alpha value is -2.37. The second-order valence-electron chi connectivity index (χ2n) is 4.57. The Balaban J connectivity index is 1.99. The number of hydrogen-bond donors (Lipinski definition) is 1. The molecule has 0 aromatic carbocycles. The van der Waals surface area contributed by atoms with Crippen molar-refractivity contribution in [2.24, 2.45) is 0 Å². The predicted octanol–water partition coefficient (Wildman–Crippen LogP) is 1.40. The molecule has 1 amide bonds. The molecule has 0 bridgehead atoms. The molecule has 0 aliphatic rings. The predicted molar refractivity (Wildman–Crippen MR) is 77.7 cm³/mol. The van der Waals surface area contributed by atoms with Gasteiger partial charge in [-0.25, -0.2) is 9.97 Å². The number of nitrogens with zero attached hydrogens (tertiary/aromatic N) is 4. The van der Waals surface area contributed by atoms with Gasteiger partial charge in [-0.05, 0) is 19.1 Å². The molecule has 0 spiro atoms. The van der Waals surface area contributed by atoms with Gasteiger partial charge < -0.3 is 14.8 Å². The molecule has 6 heteroatoms. The number of anilines is 1. The van der Waals surface area contributed by atoms with E-state index in [1.807, 2.05) is 17.7 Å². The van der Waals surface area contributed by atoms with Crippen LogP contribution in [0.2, 0.25) is 0 Å². The van der Waals surface area contributed by atoms with Gasteiger partial charge in [-0.1, -0.05) is 0 Å². The SMILES string of the molecule is CNc1cc(C(=O)N(C)CCn2ccnc2C)ccn1. The highest BCUT2D eigenvalue weighted by Crippen LogP contribution is 2.08. The molecule has 6 nitrogen and oxygen atoms in total. The van der Waals surface area contributed by atoms with Gasteiger partial charge in [0.05, 0.1) is 0 Å². The van der Waals surface area contributed by atoms with Gasteiger partial charge in [0, 0.05) is 51.3 Å². The topological polar surface area (TPSA) is 63.1 Å². The molecule has 2 rings (SSSR count). The van der Waals surface area contributed by atoms with Crippen molar-refractivity contribution in [2.75, 3.05) is 26.0 Å². The van der Waals surface area contributed by atoms with E-state index >= 15 is 0 Å².